The van der Waals surface area contributed by atoms with E-state index in [-0.39, 0.29) is 5.91 Å². The van der Waals surface area contributed by atoms with Gasteiger partial charge in [0.1, 0.15) is 5.82 Å². The molecular weight excluding hydrogens is 290 g/mol. The molecule has 1 amide bonds. The highest BCUT2D eigenvalue weighted by molar-refractivity contribution is 6.06. The van der Waals surface area contributed by atoms with Crippen molar-refractivity contribution in [3.05, 3.63) is 48.2 Å². The second kappa shape index (κ2) is 5.53. The molecule has 0 spiro atoms. The molecule has 0 unspecified atom stereocenters. The van der Waals surface area contributed by atoms with Gasteiger partial charge in [-0.05, 0) is 31.9 Å². The summed E-state index contributed by atoms with van der Waals surface area (Å²) in [5.41, 5.74) is 1.62. The molecular formula is C17H19N5O. The van der Waals surface area contributed by atoms with E-state index in [0.717, 1.165) is 48.2 Å². The van der Waals surface area contributed by atoms with Crippen LogP contribution in [0.2, 0.25) is 0 Å². The van der Waals surface area contributed by atoms with E-state index < -0.39 is 0 Å². The van der Waals surface area contributed by atoms with Crippen LogP contribution in [0.3, 0.4) is 0 Å². The number of hydrogen-bond acceptors (Lipinski definition) is 3. The normalized spacial score (nSPS) is 18.5. The number of amides is 1. The first-order valence-electron chi connectivity index (χ1n) is 7.95. The van der Waals surface area contributed by atoms with Crippen LogP contribution in [0.1, 0.15) is 35.1 Å². The number of aryl methyl sites for hydroxylation is 1. The maximum atomic E-state index is 13.0. The number of aromatic amines is 1. The molecule has 6 nitrogen and oxygen atoms in total. The fourth-order valence-electron chi connectivity index (χ4n) is 3.46. The third kappa shape index (κ3) is 2.40. The Balaban J connectivity index is 1.61. The topological polar surface area (TPSA) is 66.8 Å². The Labute approximate surface area is 134 Å². The van der Waals surface area contributed by atoms with Gasteiger partial charge in [-0.2, -0.15) is 5.10 Å². The number of nitrogens with zero attached hydrogens (tertiary/aromatic N) is 4. The highest BCUT2D eigenvalue weighted by Gasteiger charge is 2.27. The number of hydrogen-bond donors (Lipinski definition) is 1. The number of fused-ring (bicyclic) bond motifs is 1. The van der Waals surface area contributed by atoms with Gasteiger partial charge in [0.2, 0.25) is 0 Å². The van der Waals surface area contributed by atoms with E-state index in [4.69, 9.17) is 0 Å². The third-order valence-electron chi connectivity index (χ3n) is 4.65. The maximum absolute atomic E-state index is 13.0. The number of aromatic nitrogens is 4. The predicted molar refractivity (Wildman–Crippen MR) is 87.2 cm³/mol. The Morgan fingerprint density at radius 1 is 1.39 bits per heavy atom. The molecule has 1 aromatic carbocycles. The standard InChI is InChI=1S/C17H19N5O/c1-12-18-7-9-22(12)13-4-3-8-21(11-13)17(23)14-5-2-6-16-15(14)10-19-20-16/h2,5-7,9-10,13H,3-4,8,11H2,1H3,(H,19,20)/t13-/m0/s1. The fourth-order valence-corrected chi connectivity index (χ4v) is 3.46. The lowest BCUT2D eigenvalue weighted by molar-refractivity contribution is 0.0680. The molecule has 3 aromatic rings. The van der Waals surface area contributed by atoms with Gasteiger partial charge in [0.15, 0.2) is 0 Å². The van der Waals surface area contributed by atoms with E-state index in [1.807, 2.05) is 42.4 Å². The van der Waals surface area contributed by atoms with Gasteiger partial charge < -0.3 is 9.47 Å². The first kappa shape index (κ1) is 14.0. The quantitative estimate of drug-likeness (QED) is 0.791. The van der Waals surface area contributed by atoms with Gasteiger partial charge >= 0.3 is 0 Å². The van der Waals surface area contributed by atoms with E-state index >= 15 is 0 Å². The largest absolute Gasteiger partial charge is 0.337 e. The Morgan fingerprint density at radius 3 is 3.13 bits per heavy atom. The molecule has 1 aliphatic heterocycles. The summed E-state index contributed by atoms with van der Waals surface area (Å²) in [4.78, 5) is 19.2. The van der Waals surface area contributed by atoms with Crippen molar-refractivity contribution in [3.8, 4) is 0 Å². The van der Waals surface area contributed by atoms with Crippen LogP contribution >= 0.6 is 0 Å². The number of likely N-dealkylation sites (tertiary alicyclic amines) is 1. The van der Waals surface area contributed by atoms with Gasteiger partial charge in [0, 0.05) is 30.9 Å². The zero-order chi connectivity index (χ0) is 15.8. The third-order valence-corrected chi connectivity index (χ3v) is 4.65. The van der Waals surface area contributed by atoms with Crippen molar-refractivity contribution >= 4 is 16.8 Å². The number of benzene rings is 1. The molecule has 0 aliphatic carbocycles. The van der Waals surface area contributed by atoms with Gasteiger partial charge in [-0.15, -0.1) is 0 Å². The second-order valence-corrected chi connectivity index (χ2v) is 6.07. The summed E-state index contributed by atoms with van der Waals surface area (Å²) in [5, 5.41) is 7.86. The Kier molecular flexibility index (Phi) is 3.37. The van der Waals surface area contributed by atoms with Crippen LogP contribution in [0.15, 0.2) is 36.8 Å². The average molecular weight is 309 g/mol. The van der Waals surface area contributed by atoms with Crippen LogP contribution in [-0.4, -0.2) is 43.6 Å². The lowest BCUT2D eigenvalue weighted by Crippen LogP contribution is -2.40. The summed E-state index contributed by atoms with van der Waals surface area (Å²) in [6.45, 7) is 3.54. The number of piperidine rings is 1. The molecule has 0 bridgehead atoms. The highest BCUT2D eigenvalue weighted by atomic mass is 16.2. The second-order valence-electron chi connectivity index (χ2n) is 6.07. The first-order valence-corrected chi connectivity index (χ1v) is 7.95. The smallest absolute Gasteiger partial charge is 0.254 e. The average Bonchev–Trinajstić information content (AvgIpc) is 3.22. The van der Waals surface area contributed by atoms with Crippen LogP contribution in [0.25, 0.3) is 10.9 Å². The SMILES string of the molecule is Cc1nccn1[C@H]1CCCN(C(=O)c2cccc3[nH]ncc23)C1. The van der Waals surface area contributed by atoms with Crippen molar-refractivity contribution in [1.29, 1.82) is 0 Å². The summed E-state index contributed by atoms with van der Waals surface area (Å²) >= 11 is 0. The van der Waals surface area contributed by atoms with E-state index in [1.54, 1.807) is 6.20 Å². The number of H-pyrrole nitrogens is 1. The Hall–Kier alpha value is -2.63. The Morgan fingerprint density at radius 2 is 2.30 bits per heavy atom. The molecule has 0 radical (unpaired) electrons. The minimum absolute atomic E-state index is 0.0828. The molecule has 0 saturated carbocycles. The van der Waals surface area contributed by atoms with Crippen molar-refractivity contribution in [3.63, 3.8) is 0 Å². The molecule has 1 N–H and O–H groups in total. The summed E-state index contributed by atoms with van der Waals surface area (Å²) in [6.07, 6.45) is 7.64. The molecule has 2 aromatic heterocycles. The number of carbonyl (C=O) groups is 1. The van der Waals surface area contributed by atoms with Crippen LogP contribution in [-0.2, 0) is 0 Å². The monoisotopic (exact) mass is 309 g/mol. The zero-order valence-corrected chi connectivity index (χ0v) is 13.1. The molecule has 118 valence electrons. The lowest BCUT2D eigenvalue weighted by atomic mass is 10.0. The highest BCUT2D eigenvalue weighted by Crippen LogP contribution is 2.25. The van der Waals surface area contributed by atoms with Gasteiger partial charge in [-0.1, -0.05) is 6.07 Å². The zero-order valence-electron chi connectivity index (χ0n) is 13.1. The van der Waals surface area contributed by atoms with Crippen molar-refractivity contribution in [2.45, 2.75) is 25.8 Å². The van der Waals surface area contributed by atoms with Crippen LogP contribution < -0.4 is 0 Å². The van der Waals surface area contributed by atoms with Crippen molar-refractivity contribution in [2.24, 2.45) is 0 Å². The minimum atomic E-state index is 0.0828. The molecule has 23 heavy (non-hydrogen) atoms. The molecule has 3 heterocycles. The van der Waals surface area contributed by atoms with Crippen LogP contribution in [0.4, 0.5) is 0 Å². The Bertz CT molecular complexity index is 849. The predicted octanol–water partition coefficient (Wildman–Crippen LogP) is 2.55. The summed E-state index contributed by atoms with van der Waals surface area (Å²) < 4.78 is 2.18. The van der Waals surface area contributed by atoms with Gasteiger partial charge in [-0.3, -0.25) is 9.89 Å². The molecule has 1 atom stereocenters. The molecule has 1 aliphatic rings. The van der Waals surface area contributed by atoms with Crippen LogP contribution in [0.5, 0.6) is 0 Å². The van der Waals surface area contributed by atoms with Gasteiger partial charge in [-0.25, -0.2) is 4.98 Å². The lowest BCUT2D eigenvalue weighted by Gasteiger charge is -2.34. The van der Waals surface area contributed by atoms with E-state index in [1.165, 1.54) is 0 Å². The molecule has 6 heteroatoms. The van der Waals surface area contributed by atoms with Crippen LogP contribution in [0, 0.1) is 6.92 Å². The van der Waals surface area contributed by atoms with Gasteiger partial charge in [0.25, 0.3) is 5.91 Å². The first-order chi connectivity index (χ1) is 11.2. The number of rotatable bonds is 2. The number of carbonyl (C=O) groups excluding carboxylic acids is 1. The number of nitrogens with one attached hydrogen (secondary N) is 1. The van der Waals surface area contributed by atoms with E-state index in [2.05, 4.69) is 19.7 Å². The van der Waals surface area contributed by atoms with Crippen molar-refractivity contribution in [2.75, 3.05) is 13.1 Å². The van der Waals surface area contributed by atoms with Crippen molar-refractivity contribution < 1.29 is 4.79 Å². The maximum Gasteiger partial charge on any atom is 0.254 e. The minimum Gasteiger partial charge on any atom is -0.337 e. The summed E-state index contributed by atoms with van der Waals surface area (Å²) in [5.74, 6) is 1.08. The van der Waals surface area contributed by atoms with Gasteiger partial charge in [0.05, 0.1) is 23.3 Å². The molecule has 1 saturated heterocycles. The molecule has 4 rings (SSSR count). The van der Waals surface area contributed by atoms with E-state index in [9.17, 15) is 4.79 Å². The number of imidazole rings is 1. The van der Waals surface area contributed by atoms with Crippen molar-refractivity contribution in [1.82, 2.24) is 24.6 Å². The summed E-state index contributed by atoms with van der Waals surface area (Å²) in [7, 11) is 0. The fraction of sp³-hybridized carbons (Fsp3) is 0.353. The molecule has 1 fully saturated rings. The summed E-state index contributed by atoms with van der Waals surface area (Å²) in [6, 6.07) is 6.02. The van der Waals surface area contributed by atoms with E-state index in [0.29, 0.717) is 6.04 Å².